The van der Waals surface area contributed by atoms with Crippen molar-refractivity contribution in [3.8, 4) is 16.9 Å². The first-order valence-electron chi connectivity index (χ1n) is 9.81. The van der Waals surface area contributed by atoms with Gasteiger partial charge in [0, 0.05) is 28.7 Å². The number of rotatable bonds is 6. The number of nitrogens with one attached hydrogen (secondary N) is 1. The second kappa shape index (κ2) is 8.76. The Morgan fingerprint density at radius 3 is 2.68 bits per heavy atom. The van der Waals surface area contributed by atoms with E-state index in [1.165, 1.54) is 5.56 Å². The second-order valence-electron chi connectivity index (χ2n) is 7.65. The summed E-state index contributed by atoms with van der Waals surface area (Å²) < 4.78 is 6.28. The van der Waals surface area contributed by atoms with Crippen LogP contribution in [0.2, 0.25) is 5.02 Å². The van der Waals surface area contributed by atoms with Gasteiger partial charge in [-0.05, 0) is 55.1 Å². The molecule has 1 aromatic heterocycles. The number of benzene rings is 2. The maximum absolute atomic E-state index is 6.28. The molecule has 1 atom stereocenters. The lowest BCUT2D eigenvalue weighted by atomic mass is 9.76. The fourth-order valence-corrected chi connectivity index (χ4v) is 4.17. The molecule has 0 radical (unpaired) electrons. The van der Waals surface area contributed by atoms with Crippen LogP contribution >= 0.6 is 11.6 Å². The first kappa shape index (κ1) is 19.0. The summed E-state index contributed by atoms with van der Waals surface area (Å²) >= 11 is 6.20. The van der Waals surface area contributed by atoms with Crippen LogP contribution < -0.4 is 10.1 Å². The molecular formula is C24H25ClN2O. The molecule has 1 unspecified atom stereocenters. The molecule has 4 rings (SSSR count). The summed E-state index contributed by atoms with van der Waals surface area (Å²) in [5.74, 6) is 0.817. The Balaban J connectivity index is 1.50. The number of pyridine rings is 1. The van der Waals surface area contributed by atoms with Crippen LogP contribution in [0.3, 0.4) is 0 Å². The highest BCUT2D eigenvalue weighted by atomic mass is 35.5. The zero-order valence-electron chi connectivity index (χ0n) is 15.9. The van der Waals surface area contributed by atoms with E-state index in [0.717, 1.165) is 54.3 Å². The van der Waals surface area contributed by atoms with Crippen molar-refractivity contribution in [1.29, 1.82) is 0 Å². The molecule has 1 N–H and O–H groups in total. The molecule has 1 saturated heterocycles. The van der Waals surface area contributed by atoms with Crippen molar-refractivity contribution in [2.24, 2.45) is 5.41 Å². The van der Waals surface area contributed by atoms with Crippen LogP contribution in [-0.4, -0.2) is 24.7 Å². The first-order chi connectivity index (χ1) is 13.7. The van der Waals surface area contributed by atoms with Gasteiger partial charge < -0.3 is 10.1 Å². The predicted molar refractivity (Wildman–Crippen MR) is 115 cm³/mol. The number of halogens is 1. The van der Waals surface area contributed by atoms with Gasteiger partial charge in [0.05, 0.1) is 12.8 Å². The van der Waals surface area contributed by atoms with Crippen LogP contribution in [0, 0.1) is 5.41 Å². The normalized spacial score (nSPS) is 19.3. The summed E-state index contributed by atoms with van der Waals surface area (Å²) in [4.78, 5) is 4.38. The first-order valence-corrected chi connectivity index (χ1v) is 10.2. The molecule has 144 valence electrons. The van der Waals surface area contributed by atoms with Crippen LogP contribution in [0.5, 0.6) is 5.75 Å². The van der Waals surface area contributed by atoms with Crippen molar-refractivity contribution >= 4 is 11.6 Å². The molecule has 0 bridgehead atoms. The van der Waals surface area contributed by atoms with Crippen molar-refractivity contribution in [2.75, 3.05) is 19.7 Å². The molecule has 2 heterocycles. The summed E-state index contributed by atoms with van der Waals surface area (Å²) in [5.41, 5.74) is 3.54. The molecule has 3 aromatic rings. The third-order valence-electron chi connectivity index (χ3n) is 5.39. The molecule has 4 heteroatoms. The van der Waals surface area contributed by atoms with Crippen LogP contribution in [0.1, 0.15) is 18.4 Å². The Morgan fingerprint density at radius 2 is 1.89 bits per heavy atom. The van der Waals surface area contributed by atoms with Crippen LogP contribution in [0.15, 0.2) is 73.1 Å². The zero-order chi connectivity index (χ0) is 19.2. The summed E-state index contributed by atoms with van der Waals surface area (Å²) in [6, 6.07) is 20.5. The van der Waals surface area contributed by atoms with Crippen LogP contribution in [0.25, 0.3) is 11.1 Å². The largest absolute Gasteiger partial charge is 0.491 e. The minimum atomic E-state index is 0.0612. The summed E-state index contributed by atoms with van der Waals surface area (Å²) in [6.45, 7) is 2.68. The molecule has 1 fully saturated rings. The van der Waals surface area contributed by atoms with Gasteiger partial charge in [0.1, 0.15) is 5.75 Å². The van der Waals surface area contributed by atoms with Gasteiger partial charge in [0.2, 0.25) is 0 Å². The number of piperidine rings is 1. The van der Waals surface area contributed by atoms with Crippen LogP contribution in [-0.2, 0) is 6.42 Å². The van der Waals surface area contributed by atoms with Gasteiger partial charge in [-0.25, -0.2) is 0 Å². The summed E-state index contributed by atoms with van der Waals surface area (Å²) in [7, 11) is 0. The van der Waals surface area contributed by atoms with Crippen molar-refractivity contribution in [1.82, 2.24) is 10.3 Å². The number of ether oxygens (including phenoxy) is 1. The topological polar surface area (TPSA) is 34.1 Å². The van der Waals surface area contributed by atoms with Crippen LogP contribution in [0.4, 0.5) is 0 Å². The van der Waals surface area contributed by atoms with E-state index in [1.54, 1.807) is 6.20 Å². The van der Waals surface area contributed by atoms with Crippen molar-refractivity contribution in [2.45, 2.75) is 19.3 Å². The lowest BCUT2D eigenvalue weighted by Crippen LogP contribution is -2.45. The highest BCUT2D eigenvalue weighted by molar-refractivity contribution is 6.30. The van der Waals surface area contributed by atoms with Gasteiger partial charge in [0.25, 0.3) is 0 Å². The van der Waals surface area contributed by atoms with E-state index in [0.29, 0.717) is 6.61 Å². The minimum Gasteiger partial charge on any atom is -0.491 e. The quantitative estimate of drug-likeness (QED) is 0.610. The monoisotopic (exact) mass is 392 g/mol. The van der Waals surface area contributed by atoms with Gasteiger partial charge in [-0.15, -0.1) is 0 Å². The molecule has 0 saturated carbocycles. The number of aromatic nitrogens is 1. The predicted octanol–water partition coefficient (Wildman–Crippen LogP) is 5.39. The third-order valence-corrected chi connectivity index (χ3v) is 5.63. The van der Waals surface area contributed by atoms with Crippen molar-refractivity contribution < 1.29 is 4.74 Å². The Hall–Kier alpha value is -2.36. The number of hydrogen-bond donors (Lipinski definition) is 1. The lowest BCUT2D eigenvalue weighted by molar-refractivity contribution is 0.110. The van der Waals surface area contributed by atoms with Gasteiger partial charge in [-0.2, -0.15) is 0 Å². The van der Waals surface area contributed by atoms with Gasteiger partial charge in [0.15, 0.2) is 0 Å². The molecule has 0 aliphatic carbocycles. The Bertz CT molecular complexity index is 907. The average molecular weight is 393 g/mol. The van der Waals surface area contributed by atoms with Gasteiger partial charge >= 0.3 is 0 Å². The highest BCUT2D eigenvalue weighted by Crippen LogP contribution is 2.33. The van der Waals surface area contributed by atoms with E-state index in [4.69, 9.17) is 16.3 Å². The molecule has 28 heavy (non-hydrogen) atoms. The standard InChI is InChI=1S/C24H25ClN2O/c25-22-9-4-6-19(12-22)14-24(10-5-11-26-17-24)18-28-23-13-21(15-27-16-23)20-7-2-1-3-8-20/h1-4,6-9,12-13,15-16,26H,5,10-11,14,17-18H2. The molecule has 1 aliphatic heterocycles. The Labute approximate surface area is 171 Å². The maximum Gasteiger partial charge on any atom is 0.138 e. The van der Waals surface area contributed by atoms with Gasteiger partial charge in [-0.3, -0.25) is 4.98 Å². The second-order valence-corrected chi connectivity index (χ2v) is 8.09. The van der Waals surface area contributed by atoms with E-state index in [9.17, 15) is 0 Å². The van der Waals surface area contributed by atoms with E-state index in [-0.39, 0.29) is 5.41 Å². The molecule has 3 nitrogen and oxygen atoms in total. The van der Waals surface area contributed by atoms with E-state index < -0.39 is 0 Å². The number of hydrogen-bond acceptors (Lipinski definition) is 3. The number of nitrogens with zero attached hydrogens (tertiary/aromatic N) is 1. The zero-order valence-corrected chi connectivity index (χ0v) is 16.7. The third kappa shape index (κ3) is 4.73. The Morgan fingerprint density at radius 1 is 1.00 bits per heavy atom. The van der Waals surface area contributed by atoms with E-state index in [1.807, 2.05) is 36.5 Å². The minimum absolute atomic E-state index is 0.0612. The molecule has 2 aromatic carbocycles. The summed E-state index contributed by atoms with van der Waals surface area (Å²) in [5, 5.41) is 4.34. The Kier molecular flexibility index (Phi) is 5.94. The average Bonchev–Trinajstić information content (AvgIpc) is 2.74. The fraction of sp³-hybridized carbons (Fsp3) is 0.292. The highest BCUT2D eigenvalue weighted by Gasteiger charge is 2.33. The smallest absolute Gasteiger partial charge is 0.138 e. The van der Waals surface area contributed by atoms with E-state index >= 15 is 0 Å². The molecule has 0 spiro atoms. The van der Waals surface area contributed by atoms with Crippen molar-refractivity contribution in [3.05, 3.63) is 83.6 Å². The maximum atomic E-state index is 6.28. The summed E-state index contributed by atoms with van der Waals surface area (Å²) in [6.07, 6.45) is 6.93. The van der Waals surface area contributed by atoms with Gasteiger partial charge in [-0.1, -0.05) is 54.1 Å². The van der Waals surface area contributed by atoms with E-state index in [2.05, 4.69) is 40.6 Å². The fourth-order valence-electron chi connectivity index (χ4n) is 3.96. The molecular weight excluding hydrogens is 368 g/mol. The SMILES string of the molecule is Clc1cccc(CC2(COc3cncc(-c4ccccc4)c3)CCCNC2)c1. The van der Waals surface area contributed by atoms with Crippen molar-refractivity contribution in [3.63, 3.8) is 0 Å². The molecule has 1 aliphatic rings. The lowest BCUT2D eigenvalue weighted by Gasteiger charge is -2.37. The molecule has 0 amide bonds.